The molecule has 1 aliphatic rings. The third kappa shape index (κ3) is 5.25. The topological polar surface area (TPSA) is 80.8 Å². The first-order valence-electron chi connectivity index (χ1n) is 9.52. The lowest BCUT2D eigenvalue weighted by Crippen LogP contribution is -2.27. The maximum atomic E-state index is 12.9. The number of halogens is 2. The number of carbonyl (C=O) groups excluding carboxylic acids is 2. The van der Waals surface area contributed by atoms with Crippen molar-refractivity contribution in [2.45, 2.75) is 11.4 Å². The molecule has 4 rings (SSSR count). The van der Waals surface area contributed by atoms with Gasteiger partial charge in [0, 0.05) is 15.6 Å². The summed E-state index contributed by atoms with van der Waals surface area (Å²) in [6.07, 6.45) is 1.43. The summed E-state index contributed by atoms with van der Waals surface area (Å²) >= 11 is 12.7. The maximum Gasteiger partial charge on any atom is 0.339 e. The highest BCUT2D eigenvalue weighted by atomic mass is 35.5. The second-order valence-electron chi connectivity index (χ2n) is 6.89. The van der Waals surface area contributed by atoms with Crippen LogP contribution in [0.25, 0.3) is 6.08 Å². The minimum atomic E-state index is -4.14. The molecular formula is C23H15Cl2NO5S2. The third-order valence-electron chi connectivity index (χ3n) is 4.67. The minimum Gasteiger partial charge on any atom is -0.378 e. The molecule has 33 heavy (non-hydrogen) atoms. The summed E-state index contributed by atoms with van der Waals surface area (Å²) in [5.41, 5.74) is 0.971. The van der Waals surface area contributed by atoms with Gasteiger partial charge in [0.1, 0.15) is 10.6 Å². The Morgan fingerprint density at radius 3 is 2.30 bits per heavy atom. The number of para-hydroxylation sites is 1. The van der Waals surface area contributed by atoms with Gasteiger partial charge in [0.25, 0.3) is 11.1 Å². The van der Waals surface area contributed by atoms with Gasteiger partial charge in [-0.2, -0.15) is 8.42 Å². The SMILES string of the molecule is O=C1S/C(=C\c2ccccc2OS(=O)(=O)c2ccc(Cl)cc2)C(=O)N1Cc1ccccc1Cl. The maximum absolute atomic E-state index is 12.9. The van der Waals surface area contributed by atoms with E-state index in [1.807, 2.05) is 0 Å². The molecule has 1 aliphatic heterocycles. The van der Waals surface area contributed by atoms with Crippen LogP contribution in [0.2, 0.25) is 10.0 Å². The second kappa shape index (κ2) is 9.61. The molecule has 0 aromatic heterocycles. The van der Waals surface area contributed by atoms with E-state index in [9.17, 15) is 18.0 Å². The molecule has 2 amide bonds. The van der Waals surface area contributed by atoms with E-state index in [0.29, 0.717) is 21.2 Å². The first kappa shape index (κ1) is 23.4. The fourth-order valence-electron chi connectivity index (χ4n) is 3.02. The van der Waals surface area contributed by atoms with E-state index in [1.165, 1.54) is 36.4 Å². The van der Waals surface area contributed by atoms with Crippen LogP contribution in [0.4, 0.5) is 4.79 Å². The summed E-state index contributed by atoms with van der Waals surface area (Å²) in [6.45, 7) is 0.0325. The van der Waals surface area contributed by atoms with Gasteiger partial charge in [0.15, 0.2) is 0 Å². The van der Waals surface area contributed by atoms with Crippen LogP contribution >= 0.6 is 35.0 Å². The monoisotopic (exact) mass is 519 g/mol. The third-order valence-corrected chi connectivity index (χ3v) is 7.44. The molecule has 0 atom stereocenters. The molecule has 0 N–H and O–H groups in total. The average Bonchev–Trinajstić information content (AvgIpc) is 3.04. The molecule has 0 radical (unpaired) electrons. The van der Waals surface area contributed by atoms with Crippen molar-refractivity contribution >= 4 is 62.3 Å². The highest BCUT2D eigenvalue weighted by Crippen LogP contribution is 2.36. The zero-order chi connectivity index (χ0) is 23.6. The van der Waals surface area contributed by atoms with Crippen molar-refractivity contribution in [1.82, 2.24) is 4.90 Å². The summed E-state index contributed by atoms with van der Waals surface area (Å²) in [4.78, 5) is 26.5. The highest BCUT2D eigenvalue weighted by Gasteiger charge is 2.35. The lowest BCUT2D eigenvalue weighted by Gasteiger charge is -2.13. The molecule has 3 aromatic rings. The van der Waals surface area contributed by atoms with E-state index in [1.54, 1.807) is 42.5 Å². The second-order valence-corrected chi connectivity index (χ2v) is 10.3. The Kier molecular flexibility index (Phi) is 6.81. The van der Waals surface area contributed by atoms with Crippen molar-refractivity contribution in [2.75, 3.05) is 0 Å². The number of carbonyl (C=O) groups is 2. The van der Waals surface area contributed by atoms with Gasteiger partial charge in [0.05, 0.1) is 11.4 Å². The average molecular weight is 520 g/mol. The molecule has 1 fully saturated rings. The van der Waals surface area contributed by atoms with Crippen LogP contribution in [0.15, 0.2) is 82.6 Å². The molecule has 1 saturated heterocycles. The van der Waals surface area contributed by atoms with E-state index >= 15 is 0 Å². The van der Waals surface area contributed by atoms with Gasteiger partial charge in [-0.15, -0.1) is 0 Å². The van der Waals surface area contributed by atoms with E-state index in [0.717, 1.165) is 16.7 Å². The predicted octanol–water partition coefficient (Wildman–Crippen LogP) is 6.00. The predicted molar refractivity (Wildman–Crippen MR) is 129 cm³/mol. The molecule has 0 bridgehead atoms. The van der Waals surface area contributed by atoms with Crippen molar-refractivity contribution in [2.24, 2.45) is 0 Å². The molecular weight excluding hydrogens is 505 g/mol. The Hall–Kier alpha value is -2.78. The molecule has 0 spiro atoms. The summed E-state index contributed by atoms with van der Waals surface area (Å²) in [5.74, 6) is -0.481. The van der Waals surface area contributed by atoms with Crippen molar-refractivity contribution in [3.05, 3.63) is 98.9 Å². The molecule has 168 valence electrons. The summed E-state index contributed by atoms with van der Waals surface area (Å²) in [5, 5.41) is 0.395. The number of nitrogens with zero attached hydrogens (tertiary/aromatic N) is 1. The van der Waals surface area contributed by atoms with Crippen LogP contribution in [0.5, 0.6) is 5.75 Å². The summed E-state index contributed by atoms with van der Waals surface area (Å²) in [6, 6.07) is 18.8. The number of imide groups is 1. The van der Waals surface area contributed by atoms with Crippen LogP contribution in [-0.2, 0) is 21.5 Å². The number of hydrogen-bond donors (Lipinski definition) is 0. The lowest BCUT2D eigenvalue weighted by atomic mass is 10.2. The Morgan fingerprint density at radius 2 is 1.58 bits per heavy atom. The van der Waals surface area contributed by atoms with E-state index in [-0.39, 0.29) is 22.1 Å². The summed E-state index contributed by atoms with van der Waals surface area (Å²) < 4.78 is 30.7. The van der Waals surface area contributed by atoms with E-state index in [2.05, 4.69) is 0 Å². The van der Waals surface area contributed by atoms with Crippen molar-refractivity contribution in [3.63, 3.8) is 0 Å². The molecule has 1 heterocycles. The van der Waals surface area contributed by atoms with Gasteiger partial charge in [-0.05, 0) is 59.8 Å². The number of hydrogen-bond acceptors (Lipinski definition) is 6. The number of thioether (sulfide) groups is 1. The lowest BCUT2D eigenvalue weighted by molar-refractivity contribution is -0.123. The van der Waals surface area contributed by atoms with Crippen molar-refractivity contribution < 1.29 is 22.2 Å². The summed E-state index contributed by atoms with van der Waals surface area (Å²) in [7, 11) is -4.14. The highest BCUT2D eigenvalue weighted by molar-refractivity contribution is 8.18. The first-order valence-corrected chi connectivity index (χ1v) is 12.5. The van der Waals surface area contributed by atoms with Crippen LogP contribution in [0.1, 0.15) is 11.1 Å². The largest absolute Gasteiger partial charge is 0.378 e. The van der Waals surface area contributed by atoms with E-state index in [4.69, 9.17) is 27.4 Å². The van der Waals surface area contributed by atoms with Crippen LogP contribution in [0.3, 0.4) is 0 Å². The zero-order valence-electron chi connectivity index (χ0n) is 16.8. The van der Waals surface area contributed by atoms with Gasteiger partial charge in [-0.1, -0.05) is 59.6 Å². The van der Waals surface area contributed by atoms with Crippen molar-refractivity contribution in [3.8, 4) is 5.75 Å². The van der Waals surface area contributed by atoms with Gasteiger partial charge in [0.2, 0.25) is 0 Å². The van der Waals surface area contributed by atoms with Gasteiger partial charge < -0.3 is 4.18 Å². The van der Waals surface area contributed by atoms with Gasteiger partial charge in [-0.25, -0.2) is 0 Å². The van der Waals surface area contributed by atoms with Crippen molar-refractivity contribution in [1.29, 1.82) is 0 Å². The van der Waals surface area contributed by atoms with Crippen LogP contribution < -0.4 is 4.18 Å². The van der Waals surface area contributed by atoms with Crippen LogP contribution in [0, 0.1) is 0 Å². The zero-order valence-corrected chi connectivity index (χ0v) is 19.9. The standard InChI is InChI=1S/C23H15Cl2NO5S2/c24-17-9-11-18(12-10-17)33(29,30)31-20-8-4-2-5-15(20)13-21-22(27)26(23(28)32-21)14-16-6-1-3-7-19(16)25/h1-13H,14H2/b21-13-. The first-order chi connectivity index (χ1) is 15.7. The quantitative estimate of drug-likeness (QED) is 0.293. The number of amides is 2. The Morgan fingerprint density at radius 1 is 0.909 bits per heavy atom. The molecule has 6 nitrogen and oxygen atoms in total. The Labute approximate surface area is 204 Å². The Bertz CT molecular complexity index is 1370. The minimum absolute atomic E-state index is 0.0188. The Balaban J connectivity index is 1.60. The fraction of sp³-hybridized carbons (Fsp3) is 0.0435. The molecule has 0 unspecified atom stereocenters. The van der Waals surface area contributed by atoms with E-state index < -0.39 is 21.3 Å². The molecule has 10 heteroatoms. The number of rotatable bonds is 6. The molecule has 0 aliphatic carbocycles. The molecule has 0 saturated carbocycles. The normalized spacial score (nSPS) is 15.3. The van der Waals surface area contributed by atoms with Gasteiger partial charge in [-0.3, -0.25) is 14.5 Å². The van der Waals surface area contributed by atoms with Crippen LogP contribution in [-0.4, -0.2) is 24.5 Å². The fourth-order valence-corrected chi connectivity index (χ4v) is 5.12. The smallest absolute Gasteiger partial charge is 0.339 e. The molecule has 3 aromatic carbocycles. The number of benzene rings is 3. The van der Waals surface area contributed by atoms with Gasteiger partial charge >= 0.3 is 10.1 Å².